The summed E-state index contributed by atoms with van der Waals surface area (Å²) >= 11 is 0. The van der Waals surface area contributed by atoms with Gasteiger partial charge in [-0.3, -0.25) is 5.73 Å². The van der Waals surface area contributed by atoms with E-state index < -0.39 is 0 Å². The molecule has 1 aromatic heterocycles. The Hall–Kier alpha value is -1.52. The Morgan fingerprint density at radius 3 is 2.89 bits per heavy atom. The molecule has 1 aromatic rings. The van der Waals surface area contributed by atoms with Crippen LogP contribution in [0.4, 0.5) is 5.95 Å². The van der Waals surface area contributed by atoms with Gasteiger partial charge in [-0.25, -0.2) is 4.73 Å². The molecule has 0 amide bonds. The molecule has 0 aliphatic heterocycles. The van der Waals surface area contributed by atoms with E-state index in [1.807, 2.05) is 0 Å². The van der Waals surface area contributed by atoms with Crippen LogP contribution >= 0.6 is 0 Å². The Morgan fingerprint density at radius 1 is 1.78 bits per heavy atom. The first-order chi connectivity index (χ1) is 4.20. The highest BCUT2D eigenvalue weighted by molar-refractivity contribution is 5.13. The van der Waals surface area contributed by atoms with E-state index in [9.17, 15) is 5.21 Å². The molecule has 0 radical (unpaired) electrons. The Kier molecular flexibility index (Phi) is 1.11. The number of nitrogens with zero attached hydrogens (tertiary/aromatic N) is 2. The minimum absolute atomic E-state index is 0.173. The molecule has 0 unspecified atom stereocenters. The van der Waals surface area contributed by atoms with Crippen molar-refractivity contribution in [3.8, 4) is 5.75 Å². The summed E-state index contributed by atoms with van der Waals surface area (Å²) in [5.41, 5.74) is 5.02. The van der Waals surface area contributed by atoms with Crippen molar-refractivity contribution in [3.05, 3.63) is 17.6 Å². The lowest BCUT2D eigenvalue weighted by Gasteiger charge is -2.01. The highest BCUT2D eigenvalue weighted by Crippen LogP contribution is 1.99. The molecule has 9 heavy (non-hydrogen) atoms. The number of hydrogen-bond acceptors (Lipinski definition) is 4. The number of anilines is 1. The predicted octanol–water partition coefficient (Wildman–Crippen LogP) is -0.997. The summed E-state index contributed by atoms with van der Waals surface area (Å²) in [7, 11) is 0. The number of nitrogen functional groups attached to an aromatic ring is 1. The van der Waals surface area contributed by atoms with Crippen molar-refractivity contribution in [2.24, 2.45) is 0 Å². The van der Waals surface area contributed by atoms with Crippen LogP contribution in [0.25, 0.3) is 0 Å². The van der Waals surface area contributed by atoms with Crippen LogP contribution in [0.15, 0.2) is 12.4 Å². The maximum Gasteiger partial charge on any atom is 0.389 e. The third-order valence-corrected chi connectivity index (χ3v) is 0.804. The summed E-state index contributed by atoms with van der Waals surface area (Å²) in [4.78, 5) is 3.36. The fourth-order valence-corrected chi connectivity index (χ4v) is 0.409. The summed E-state index contributed by atoms with van der Waals surface area (Å²) in [6.07, 6.45) is 2.03. The molecular weight excluding hydrogens is 122 g/mol. The van der Waals surface area contributed by atoms with Crippen molar-refractivity contribution >= 4 is 5.95 Å². The topological polar surface area (TPSA) is 86.1 Å². The van der Waals surface area contributed by atoms with Gasteiger partial charge in [0.1, 0.15) is 6.20 Å². The normalized spacial score (nSPS) is 9.33. The van der Waals surface area contributed by atoms with E-state index >= 15 is 0 Å². The van der Waals surface area contributed by atoms with Gasteiger partial charge in [0.2, 0.25) is 0 Å². The zero-order valence-corrected chi connectivity index (χ0v) is 4.48. The second-order valence-corrected chi connectivity index (χ2v) is 1.50. The highest BCUT2D eigenvalue weighted by atomic mass is 16.5. The fourth-order valence-electron chi connectivity index (χ4n) is 0.409. The third kappa shape index (κ3) is 0.987. The minimum atomic E-state index is -0.195. The standard InChI is InChI=1S/C4H5N3O2/c5-4-6-1-3(8)2-7(4)9/h1-2,8H,(H2,5,6). The Morgan fingerprint density at radius 2 is 2.44 bits per heavy atom. The van der Waals surface area contributed by atoms with E-state index in [0.717, 1.165) is 12.4 Å². The third-order valence-electron chi connectivity index (χ3n) is 0.804. The van der Waals surface area contributed by atoms with Crippen LogP contribution < -0.4 is 10.5 Å². The predicted molar refractivity (Wildman–Crippen MR) is 29.3 cm³/mol. The van der Waals surface area contributed by atoms with E-state index in [4.69, 9.17) is 10.8 Å². The molecule has 0 aromatic carbocycles. The first-order valence-electron chi connectivity index (χ1n) is 2.24. The second kappa shape index (κ2) is 1.77. The van der Waals surface area contributed by atoms with Gasteiger partial charge in [0.25, 0.3) is 0 Å². The lowest BCUT2D eigenvalue weighted by atomic mass is 10.6. The number of hydrogen-bond donors (Lipinski definition) is 2. The minimum Gasteiger partial charge on any atom is -0.740 e. The summed E-state index contributed by atoms with van der Waals surface area (Å²) < 4.78 is 0.287. The fraction of sp³-hybridized carbons (Fsp3) is 0. The Balaban J connectivity index is 3.17. The number of aromatic hydroxyl groups is 1. The van der Waals surface area contributed by atoms with Crippen molar-refractivity contribution in [2.45, 2.75) is 0 Å². The van der Waals surface area contributed by atoms with Gasteiger partial charge in [-0.15, -0.1) is 0 Å². The molecule has 0 saturated carbocycles. The maximum atomic E-state index is 10.4. The van der Waals surface area contributed by atoms with Crippen molar-refractivity contribution in [1.82, 2.24) is 4.98 Å². The van der Waals surface area contributed by atoms with Gasteiger partial charge in [0.05, 0.1) is 0 Å². The van der Waals surface area contributed by atoms with Gasteiger partial charge in [0, 0.05) is 0 Å². The molecule has 48 valence electrons. The van der Waals surface area contributed by atoms with E-state index in [0.29, 0.717) is 0 Å². The molecule has 0 atom stereocenters. The molecule has 0 aliphatic rings. The molecule has 5 nitrogen and oxygen atoms in total. The zero-order valence-electron chi connectivity index (χ0n) is 4.48. The van der Waals surface area contributed by atoms with E-state index in [2.05, 4.69) is 4.98 Å². The van der Waals surface area contributed by atoms with Crippen molar-refractivity contribution in [2.75, 3.05) is 5.73 Å². The highest BCUT2D eigenvalue weighted by Gasteiger charge is 1.97. The molecule has 0 aliphatic carbocycles. The van der Waals surface area contributed by atoms with Crippen LogP contribution in [0.3, 0.4) is 0 Å². The first kappa shape index (κ1) is 5.61. The molecule has 1 rings (SSSR count). The molecule has 0 fully saturated rings. The van der Waals surface area contributed by atoms with E-state index in [1.165, 1.54) is 0 Å². The summed E-state index contributed by atoms with van der Waals surface area (Å²) in [6.45, 7) is 0. The maximum absolute atomic E-state index is 10.4. The lowest BCUT2D eigenvalue weighted by molar-refractivity contribution is -0.593. The van der Waals surface area contributed by atoms with Gasteiger partial charge in [-0.2, -0.15) is 0 Å². The zero-order chi connectivity index (χ0) is 6.85. The average molecular weight is 127 g/mol. The summed E-state index contributed by atoms with van der Waals surface area (Å²) in [5, 5.41) is 19.0. The molecule has 0 bridgehead atoms. The van der Waals surface area contributed by atoms with Crippen LogP contribution in [0.1, 0.15) is 0 Å². The molecule has 3 N–H and O–H groups in total. The first-order valence-corrected chi connectivity index (χ1v) is 2.24. The van der Waals surface area contributed by atoms with Crippen LogP contribution in [0.2, 0.25) is 0 Å². The van der Waals surface area contributed by atoms with Crippen LogP contribution in [0.5, 0.6) is 5.75 Å². The second-order valence-electron chi connectivity index (χ2n) is 1.50. The van der Waals surface area contributed by atoms with Gasteiger partial charge >= 0.3 is 5.95 Å². The van der Waals surface area contributed by atoms with Crippen LogP contribution in [-0.4, -0.2) is 10.1 Å². The van der Waals surface area contributed by atoms with Gasteiger partial charge in [0.15, 0.2) is 11.9 Å². The molecule has 0 spiro atoms. The summed E-state index contributed by atoms with van der Waals surface area (Å²) in [6, 6.07) is 0. The van der Waals surface area contributed by atoms with Gasteiger partial charge in [-0.1, -0.05) is 4.98 Å². The smallest absolute Gasteiger partial charge is 0.389 e. The van der Waals surface area contributed by atoms with Crippen molar-refractivity contribution in [3.63, 3.8) is 0 Å². The molecule has 1 heterocycles. The average Bonchev–Trinajstić information content (AvgIpc) is 1.80. The summed E-state index contributed by atoms with van der Waals surface area (Å²) in [5.74, 6) is -0.369. The number of rotatable bonds is 0. The van der Waals surface area contributed by atoms with Crippen molar-refractivity contribution < 1.29 is 9.84 Å². The van der Waals surface area contributed by atoms with E-state index in [1.54, 1.807) is 0 Å². The molecular formula is C4H5N3O2. The van der Waals surface area contributed by atoms with Gasteiger partial charge < -0.3 is 10.3 Å². The SMILES string of the molecule is Nc1ncc(O)c[n+]1[O-]. The van der Waals surface area contributed by atoms with Crippen molar-refractivity contribution in [1.29, 1.82) is 0 Å². The largest absolute Gasteiger partial charge is 0.740 e. The monoisotopic (exact) mass is 127 g/mol. The van der Waals surface area contributed by atoms with Gasteiger partial charge in [-0.05, 0) is 0 Å². The van der Waals surface area contributed by atoms with Crippen LogP contribution in [-0.2, 0) is 0 Å². The Bertz CT molecular complexity index is 225. The molecule has 0 saturated heterocycles. The lowest BCUT2D eigenvalue weighted by Crippen LogP contribution is -2.30. The van der Waals surface area contributed by atoms with E-state index in [-0.39, 0.29) is 16.4 Å². The Labute approximate surface area is 51.0 Å². The molecule has 5 heteroatoms. The number of aromatic nitrogens is 2. The number of nitrogens with two attached hydrogens (primary N) is 1. The quantitative estimate of drug-likeness (QED) is 0.346. The van der Waals surface area contributed by atoms with Crippen LogP contribution in [0, 0.1) is 5.21 Å².